The zero-order valence-electron chi connectivity index (χ0n) is 15.8. The SMILES string of the molecule is COc1c(C)cc(S(=O)(=O)NC[C@@H](O)c2ccc(N(C)C)cc2)cc1C. The van der Waals surface area contributed by atoms with Crippen LogP contribution in [0, 0.1) is 13.8 Å². The normalized spacial score (nSPS) is 12.7. The van der Waals surface area contributed by atoms with E-state index < -0.39 is 16.1 Å². The van der Waals surface area contributed by atoms with E-state index in [2.05, 4.69) is 4.72 Å². The number of aliphatic hydroxyl groups is 1. The van der Waals surface area contributed by atoms with E-state index in [0.29, 0.717) is 11.3 Å². The first-order valence-corrected chi connectivity index (χ1v) is 9.74. The molecular formula is C19H26N2O4S. The van der Waals surface area contributed by atoms with Gasteiger partial charge in [-0.1, -0.05) is 12.1 Å². The van der Waals surface area contributed by atoms with Gasteiger partial charge in [-0.05, 0) is 54.8 Å². The predicted molar refractivity (Wildman–Crippen MR) is 103 cm³/mol. The van der Waals surface area contributed by atoms with Crippen LogP contribution in [0.1, 0.15) is 22.8 Å². The van der Waals surface area contributed by atoms with Crippen LogP contribution >= 0.6 is 0 Å². The average Bonchev–Trinajstić information content (AvgIpc) is 2.59. The van der Waals surface area contributed by atoms with Crippen LogP contribution in [-0.4, -0.2) is 41.3 Å². The van der Waals surface area contributed by atoms with Crippen molar-refractivity contribution >= 4 is 15.7 Å². The number of benzene rings is 2. The molecule has 0 aromatic heterocycles. The van der Waals surface area contributed by atoms with E-state index in [1.54, 1.807) is 45.2 Å². The lowest BCUT2D eigenvalue weighted by Gasteiger charge is -2.16. The molecule has 0 heterocycles. The Morgan fingerprint density at radius 3 is 2.12 bits per heavy atom. The molecule has 2 aromatic rings. The average molecular weight is 378 g/mol. The molecule has 0 radical (unpaired) electrons. The van der Waals surface area contributed by atoms with Crippen molar-refractivity contribution in [1.82, 2.24) is 4.72 Å². The zero-order valence-corrected chi connectivity index (χ0v) is 16.6. The van der Waals surface area contributed by atoms with Gasteiger partial charge >= 0.3 is 0 Å². The molecule has 2 N–H and O–H groups in total. The number of nitrogens with one attached hydrogen (secondary N) is 1. The highest BCUT2D eigenvalue weighted by Crippen LogP contribution is 2.26. The first-order valence-electron chi connectivity index (χ1n) is 8.26. The number of methoxy groups -OCH3 is 1. The Morgan fingerprint density at radius 1 is 1.12 bits per heavy atom. The molecule has 0 aliphatic carbocycles. The molecular weight excluding hydrogens is 352 g/mol. The summed E-state index contributed by atoms with van der Waals surface area (Å²) >= 11 is 0. The van der Waals surface area contributed by atoms with Gasteiger partial charge in [0.2, 0.25) is 10.0 Å². The van der Waals surface area contributed by atoms with Crippen LogP contribution in [0.2, 0.25) is 0 Å². The first-order chi connectivity index (χ1) is 12.2. The largest absolute Gasteiger partial charge is 0.496 e. The highest BCUT2D eigenvalue weighted by Gasteiger charge is 2.19. The van der Waals surface area contributed by atoms with Crippen LogP contribution in [0.5, 0.6) is 5.75 Å². The molecule has 2 aromatic carbocycles. The van der Waals surface area contributed by atoms with Gasteiger partial charge in [0, 0.05) is 26.3 Å². The Bertz CT molecular complexity index is 839. The van der Waals surface area contributed by atoms with Gasteiger partial charge in [-0.2, -0.15) is 0 Å². The Kier molecular flexibility index (Phi) is 6.28. The maximum atomic E-state index is 12.5. The van der Waals surface area contributed by atoms with Gasteiger partial charge in [-0.3, -0.25) is 0 Å². The van der Waals surface area contributed by atoms with Crippen molar-refractivity contribution in [3.8, 4) is 5.75 Å². The standard InChI is InChI=1S/C19H26N2O4S/c1-13-10-17(11-14(2)19(13)25-5)26(23,24)20-12-18(22)15-6-8-16(9-7-15)21(3)4/h6-11,18,20,22H,12H2,1-5H3/t18-/m1/s1. The van der Waals surface area contributed by atoms with E-state index in [4.69, 9.17) is 4.74 Å². The van der Waals surface area contributed by atoms with Crippen molar-refractivity contribution in [2.75, 3.05) is 32.6 Å². The van der Waals surface area contributed by atoms with Gasteiger partial charge in [0.05, 0.1) is 18.1 Å². The van der Waals surface area contributed by atoms with Crippen LogP contribution in [0.15, 0.2) is 41.3 Å². The number of hydrogen-bond acceptors (Lipinski definition) is 5. The van der Waals surface area contributed by atoms with E-state index in [1.165, 1.54) is 0 Å². The quantitative estimate of drug-likeness (QED) is 0.773. The summed E-state index contributed by atoms with van der Waals surface area (Å²) in [5, 5.41) is 10.3. The molecule has 6 nitrogen and oxygen atoms in total. The van der Waals surface area contributed by atoms with E-state index in [1.807, 2.05) is 31.1 Å². The van der Waals surface area contributed by atoms with Crippen LogP contribution in [0.4, 0.5) is 5.69 Å². The fourth-order valence-electron chi connectivity index (χ4n) is 2.77. The molecule has 0 saturated carbocycles. The maximum Gasteiger partial charge on any atom is 0.240 e. The van der Waals surface area contributed by atoms with Gasteiger partial charge in [-0.15, -0.1) is 0 Å². The third-order valence-electron chi connectivity index (χ3n) is 4.21. The summed E-state index contributed by atoms with van der Waals surface area (Å²) in [6.07, 6.45) is -0.929. The maximum absolute atomic E-state index is 12.5. The number of aryl methyl sites for hydroxylation is 2. The van der Waals surface area contributed by atoms with Crippen molar-refractivity contribution in [3.05, 3.63) is 53.1 Å². The van der Waals surface area contributed by atoms with Gasteiger partial charge in [0.1, 0.15) is 5.75 Å². The monoisotopic (exact) mass is 378 g/mol. The number of nitrogens with zero attached hydrogens (tertiary/aromatic N) is 1. The molecule has 0 bridgehead atoms. The number of ether oxygens (including phenoxy) is 1. The Labute approximate surface area is 155 Å². The van der Waals surface area contributed by atoms with Crippen LogP contribution in [-0.2, 0) is 10.0 Å². The summed E-state index contributed by atoms with van der Waals surface area (Å²) < 4.78 is 32.8. The smallest absolute Gasteiger partial charge is 0.240 e. The molecule has 0 fully saturated rings. The minimum atomic E-state index is -3.73. The van der Waals surface area contributed by atoms with E-state index in [-0.39, 0.29) is 11.4 Å². The number of sulfonamides is 1. The van der Waals surface area contributed by atoms with Crippen LogP contribution in [0.25, 0.3) is 0 Å². The number of rotatable bonds is 7. The molecule has 2 rings (SSSR count). The fraction of sp³-hybridized carbons (Fsp3) is 0.368. The predicted octanol–water partition coefficient (Wildman–Crippen LogP) is 2.39. The van der Waals surface area contributed by atoms with Crippen molar-refractivity contribution < 1.29 is 18.3 Å². The van der Waals surface area contributed by atoms with Crippen molar-refractivity contribution in [3.63, 3.8) is 0 Å². The molecule has 0 amide bonds. The lowest BCUT2D eigenvalue weighted by molar-refractivity contribution is 0.182. The second kappa shape index (κ2) is 8.07. The summed E-state index contributed by atoms with van der Waals surface area (Å²) in [6, 6.07) is 10.5. The summed E-state index contributed by atoms with van der Waals surface area (Å²) in [7, 11) is 1.68. The second-order valence-electron chi connectivity index (χ2n) is 6.44. The van der Waals surface area contributed by atoms with Crippen LogP contribution in [0.3, 0.4) is 0 Å². The van der Waals surface area contributed by atoms with E-state index >= 15 is 0 Å². The topological polar surface area (TPSA) is 78.9 Å². The van der Waals surface area contributed by atoms with Crippen molar-refractivity contribution in [1.29, 1.82) is 0 Å². The molecule has 0 aliphatic rings. The summed E-state index contributed by atoms with van der Waals surface area (Å²) in [5.74, 6) is 0.671. The highest BCUT2D eigenvalue weighted by molar-refractivity contribution is 7.89. The Balaban J connectivity index is 2.12. The second-order valence-corrected chi connectivity index (χ2v) is 8.21. The minimum absolute atomic E-state index is 0.103. The highest BCUT2D eigenvalue weighted by atomic mass is 32.2. The number of hydrogen-bond donors (Lipinski definition) is 2. The molecule has 1 atom stereocenters. The van der Waals surface area contributed by atoms with Gasteiger partial charge < -0.3 is 14.7 Å². The number of anilines is 1. The molecule has 0 spiro atoms. The molecule has 142 valence electrons. The van der Waals surface area contributed by atoms with Crippen LogP contribution < -0.4 is 14.4 Å². The van der Waals surface area contributed by atoms with Gasteiger partial charge in [0.25, 0.3) is 0 Å². The minimum Gasteiger partial charge on any atom is -0.496 e. The van der Waals surface area contributed by atoms with Crippen molar-refractivity contribution in [2.24, 2.45) is 0 Å². The summed E-state index contributed by atoms with van der Waals surface area (Å²) in [5.41, 5.74) is 3.14. The molecule has 26 heavy (non-hydrogen) atoms. The number of aliphatic hydroxyl groups excluding tert-OH is 1. The lowest BCUT2D eigenvalue weighted by atomic mass is 10.1. The van der Waals surface area contributed by atoms with E-state index in [9.17, 15) is 13.5 Å². The first kappa shape index (κ1) is 20.2. The molecule has 0 unspecified atom stereocenters. The van der Waals surface area contributed by atoms with E-state index in [0.717, 1.165) is 16.8 Å². The van der Waals surface area contributed by atoms with Gasteiger partial charge in [0.15, 0.2) is 0 Å². The van der Waals surface area contributed by atoms with Crippen molar-refractivity contribution in [2.45, 2.75) is 24.8 Å². The third kappa shape index (κ3) is 4.55. The fourth-order valence-corrected chi connectivity index (χ4v) is 3.98. The molecule has 0 saturated heterocycles. The Hall–Kier alpha value is -2.09. The van der Waals surface area contributed by atoms with Gasteiger partial charge in [-0.25, -0.2) is 13.1 Å². The third-order valence-corrected chi connectivity index (χ3v) is 5.61. The molecule has 0 aliphatic heterocycles. The summed E-state index contributed by atoms with van der Waals surface area (Å²) in [6.45, 7) is 3.49. The molecule has 7 heteroatoms. The summed E-state index contributed by atoms with van der Waals surface area (Å²) in [4.78, 5) is 2.11. The Morgan fingerprint density at radius 2 is 1.65 bits per heavy atom. The zero-order chi connectivity index (χ0) is 19.5. The lowest BCUT2D eigenvalue weighted by Crippen LogP contribution is -2.28.